The summed E-state index contributed by atoms with van der Waals surface area (Å²) in [5.41, 5.74) is 1.36. The van der Waals surface area contributed by atoms with E-state index in [0.717, 1.165) is 12.0 Å². The number of aliphatic imine (C=N–C) groups is 1. The summed E-state index contributed by atoms with van der Waals surface area (Å²) in [6, 6.07) is 3.40. The van der Waals surface area contributed by atoms with E-state index in [0.29, 0.717) is 28.2 Å². The molecule has 1 aromatic carbocycles. The molecule has 0 aliphatic carbocycles. The molecule has 1 fully saturated rings. The van der Waals surface area contributed by atoms with E-state index < -0.39 is 5.25 Å². The maximum Gasteiger partial charge on any atom is 0.240 e. The van der Waals surface area contributed by atoms with Crippen LogP contribution in [0.3, 0.4) is 0 Å². The van der Waals surface area contributed by atoms with E-state index in [1.165, 1.54) is 18.9 Å². The number of halogens is 1. The molecule has 0 spiro atoms. The number of carbonyl (C=O) groups excluding carboxylic acids is 2. The predicted octanol–water partition coefficient (Wildman–Crippen LogP) is 2.98. The number of nitrogens with zero attached hydrogens (tertiary/aromatic N) is 1. The van der Waals surface area contributed by atoms with Crippen molar-refractivity contribution >= 4 is 46.0 Å². The van der Waals surface area contributed by atoms with Gasteiger partial charge in [0, 0.05) is 24.1 Å². The Morgan fingerprint density at radius 2 is 2.25 bits per heavy atom. The Kier molecular flexibility index (Phi) is 6.51. The number of hydrogen-bond donors (Lipinski definition) is 2. The summed E-state index contributed by atoms with van der Waals surface area (Å²) in [6.45, 7) is 4.51. The molecular weight excluding hydrogens is 350 g/mol. The van der Waals surface area contributed by atoms with E-state index in [2.05, 4.69) is 15.6 Å². The fraction of sp³-hybridized carbons (Fsp3) is 0.438. The van der Waals surface area contributed by atoms with Crippen LogP contribution in [-0.2, 0) is 9.59 Å². The van der Waals surface area contributed by atoms with Gasteiger partial charge in [0.05, 0.1) is 12.8 Å². The van der Waals surface area contributed by atoms with Crippen LogP contribution >= 0.6 is 23.4 Å². The van der Waals surface area contributed by atoms with Gasteiger partial charge in [-0.1, -0.05) is 30.3 Å². The van der Waals surface area contributed by atoms with Gasteiger partial charge in [0.2, 0.25) is 11.8 Å². The Balaban J connectivity index is 2.01. The Bertz CT molecular complexity index is 679. The highest BCUT2D eigenvalue weighted by molar-refractivity contribution is 8.15. The lowest BCUT2D eigenvalue weighted by Crippen LogP contribution is -2.28. The third kappa shape index (κ3) is 4.64. The molecule has 2 amide bonds. The number of aryl methyl sites for hydroxylation is 1. The van der Waals surface area contributed by atoms with Gasteiger partial charge < -0.3 is 15.4 Å². The number of thioether (sulfide) groups is 1. The molecule has 1 heterocycles. The van der Waals surface area contributed by atoms with Crippen LogP contribution in [-0.4, -0.2) is 35.9 Å². The summed E-state index contributed by atoms with van der Waals surface area (Å²) in [4.78, 5) is 28.5. The van der Waals surface area contributed by atoms with Crippen LogP contribution in [0.4, 0.5) is 5.69 Å². The lowest BCUT2D eigenvalue weighted by atomic mass is 10.2. The minimum atomic E-state index is -0.472. The zero-order valence-electron chi connectivity index (χ0n) is 13.8. The van der Waals surface area contributed by atoms with E-state index in [1.54, 1.807) is 12.1 Å². The number of methoxy groups -OCH3 is 1. The quantitative estimate of drug-likeness (QED) is 0.807. The van der Waals surface area contributed by atoms with Crippen molar-refractivity contribution < 1.29 is 14.3 Å². The molecule has 1 aliphatic rings. The molecule has 24 heavy (non-hydrogen) atoms. The van der Waals surface area contributed by atoms with E-state index in [-0.39, 0.29) is 18.2 Å². The van der Waals surface area contributed by atoms with Gasteiger partial charge in [0.15, 0.2) is 5.17 Å². The Hall–Kier alpha value is -1.73. The summed E-state index contributed by atoms with van der Waals surface area (Å²) >= 11 is 7.34. The summed E-state index contributed by atoms with van der Waals surface area (Å²) in [5, 5.41) is 6.15. The first-order chi connectivity index (χ1) is 11.4. The molecule has 1 aromatic rings. The normalized spacial score (nSPS) is 18.6. The molecular formula is C16H20ClN3O3S. The van der Waals surface area contributed by atoms with Crippen LogP contribution < -0.4 is 15.4 Å². The second-order valence-corrected chi connectivity index (χ2v) is 6.94. The lowest BCUT2D eigenvalue weighted by molar-refractivity contribution is -0.122. The van der Waals surface area contributed by atoms with Crippen molar-refractivity contribution in [3.05, 3.63) is 22.7 Å². The molecule has 2 rings (SSSR count). The van der Waals surface area contributed by atoms with E-state index in [4.69, 9.17) is 16.3 Å². The van der Waals surface area contributed by atoms with Gasteiger partial charge in [-0.15, -0.1) is 0 Å². The minimum Gasteiger partial charge on any atom is -0.495 e. The largest absolute Gasteiger partial charge is 0.495 e. The molecule has 130 valence electrons. The fourth-order valence-electron chi connectivity index (χ4n) is 2.13. The summed E-state index contributed by atoms with van der Waals surface area (Å²) in [7, 11) is 1.51. The zero-order chi connectivity index (χ0) is 17.7. The van der Waals surface area contributed by atoms with Crippen molar-refractivity contribution in [2.24, 2.45) is 4.99 Å². The second kappa shape index (κ2) is 8.39. The van der Waals surface area contributed by atoms with Gasteiger partial charge >= 0.3 is 0 Å². The molecule has 0 bridgehead atoms. The molecule has 0 saturated carbocycles. The number of carbonyl (C=O) groups is 2. The molecule has 0 radical (unpaired) electrons. The van der Waals surface area contributed by atoms with Crippen molar-refractivity contribution in [1.82, 2.24) is 5.32 Å². The van der Waals surface area contributed by atoms with Crippen LogP contribution in [0.15, 0.2) is 17.1 Å². The number of amides is 2. The van der Waals surface area contributed by atoms with Crippen molar-refractivity contribution in [1.29, 1.82) is 0 Å². The Morgan fingerprint density at radius 1 is 1.50 bits per heavy atom. The van der Waals surface area contributed by atoms with E-state index >= 15 is 0 Å². The highest BCUT2D eigenvalue weighted by Gasteiger charge is 2.32. The molecule has 6 nitrogen and oxygen atoms in total. The van der Waals surface area contributed by atoms with Crippen molar-refractivity contribution in [3.63, 3.8) is 0 Å². The van der Waals surface area contributed by atoms with Crippen molar-refractivity contribution in [2.75, 3.05) is 19.0 Å². The second-order valence-electron chi connectivity index (χ2n) is 5.34. The van der Waals surface area contributed by atoms with Gasteiger partial charge in [-0.3, -0.25) is 14.6 Å². The molecule has 8 heteroatoms. The predicted molar refractivity (Wildman–Crippen MR) is 98.1 cm³/mol. The van der Waals surface area contributed by atoms with Gasteiger partial charge in [0.25, 0.3) is 0 Å². The highest BCUT2D eigenvalue weighted by atomic mass is 35.5. The van der Waals surface area contributed by atoms with Crippen LogP contribution in [0, 0.1) is 6.92 Å². The molecule has 0 unspecified atom stereocenters. The fourth-order valence-corrected chi connectivity index (χ4v) is 3.28. The highest BCUT2D eigenvalue weighted by Crippen LogP contribution is 2.31. The maximum absolute atomic E-state index is 12.3. The zero-order valence-corrected chi connectivity index (χ0v) is 15.4. The molecule has 1 aliphatic heterocycles. The van der Waals surface area contributed by atoms with Crippen LogP contribution in [0.2, 0.25) is 5.02 Å². The average molecular weight is 370 g/mol. The average Bonchev–Trinajstić information content (AvgIpc) is 2.88. The van der Waals surface area contributed by atoms with Crippen LogP contribution in [0.5, 0.6) is 5.75 Å². The van der Waals surface area contributed by atoms with E-state index in [1.807, 2.05) is 13.8 Å². The minimum absolute atomic E-state index is 0.0620. The third-order valence-electron chi connectivity index (χ3n) is 3.38. The smallest absolute Gasteiger partial charge is 0.240 e. The Labute approximate surface area is 150 Å². The first-order valence-corrected chi connectivity index (χ1v) is 8.86. The lowest BCUT2D eigenvalue weighted by Gasteiger charge is -2.13. The van der Waals surface area contributed by atoms with E-state index in [9.17, 15) is 9.59 Å². The number of hydrogen-bond acceptors (Lipinski definition) is 5. The summed E-state index contributed by atoms with van der Waals surface area (Å²) in [6.07, 6.45) is 0.966. The summed E-state index contributed by atoms with van der Waals surface area (Å²) in [5.74, 6) is 0.0244. The summed E-state index contributed by atoms with van der Waals surface area (Å²) < 4.78 is 5.23. The standard InChI is InChI=1S/C16H20ClN3O3S/c1-4-5-18-16-20-15(22)13(24-16)8-14(21)19-11-6-9(2)10(17)7-12(11)23-3/h6-7,13H,4-5,8H2,1-3H3,(H,19,21)(H,18,20,22)/t13-/m0/s1. The Morgan fingerprint density at radius 3 is 2.92 bits per heavy atom. The molecule has 2 N–H and O–H groups in total. The molecule has 1 saturated heterocycles. The SMILES string of the molecule is CCCN=C1NC(=O)[C@H](CC(=O)Nc2cc(C)c(Cl)cc2OC)S1. The number of nitrogens with one attached hydrogen (secondary N) is 2. The first kappa shape index (κ1) is 18.6. The number of rotatable bonds is 6. The van der Waals surface area contributed by atoms with Gasteiger partial charge in [-0.05, 0) is 25.0 Å². The van der Waals surface area contributed by atoms with Crippen LogP contribution in [0.25, 0.3) is 0 Å². The molecule has 0 aromatic heterocycles. The molecule has 1 atom stereocenters. The monoisotopic (exact) mass is 369 g/mol. The van der Waals surface area contributed by atoms with Gasteiger partial charge in [0.1, 0.15) is 11.0 Å². The van der Waals surface area contributed by atoms with Crippen LogP contribution in [0.1, 0.15) is 25.3 Å². The number of benzene rings is 1. The number of amidine groups is 1. The van der Waals surface area contributed by atoms with Crippen molar-refractivity contribution in [3.8, 4) is 5.75 Å². The topological polar surface area (TPSA) is 79.8 Å². The number of ether oxygens (including phenoxy) is 1. The maximum atomic E-state index is 12.3. The van der Waals surface area contributed by atoms with Crippen molar-refractivity contribution in [2.45, 2.75) is 31.9 Å². The first-order valence-electron chi connectivity index (χ1n) is 7.60. The van der Waals surface area contributed by atoms with Gasteiger partial charge in [-0.2, -0.15) is 0 Å². The van der Waals surface area contributed by atoms with Gasteiger partial charge in [-0.25, -0.2) is 0 Å². The third-order valence-corrected chi connectivity index (χ3v) is 4.91. The number of anilines is 1.